The Morgan fingerprint density at radius 2 is 1.68 bits per heavy atom. The van der Waals surface area contributed by atoms with Gasteiger partial charge in [-0.3, -0.25) is 4.72 Å². The van der Waals surface area contributed by atoms with Gasteiger partial charge in [0.2, 0.25) is 0 Å². The highest BCUT2D eigenvalue weighted by atomic mass is 32.2. The summed E-state index contributed by atoms with van der Waals surface area (Å²) in [5, 5.41) is 0. The second kappa shape index (κ2) is 4.85. The van der Waals surface area contributed by atoms with Gasteiger partial charge in [-0.1, -0.05) is 6.07 Å². The minimum atomic E-state index is -4.06. The lowest BCUT2D eigenvalue weighted by Crippen LogP contribution is -2.15. The van der Waals surface area contributed by atoms with E-state index in [4.69, 9.17) is 5.73 Å². The van der Waals surface area contributed by atoms with E-state index in [-0.39, 0.29) is 11.4 Å². The van der Waals surface area contributed by atoms with E-state index in [1.807, 2.05) is 0 Å². The minimum Gasteiger partial charge on any atom is -0.398 e. The van der Waals surface area contributed by atoms with Crippen molar-refractivity contribution in [2.75, 3.05) is 10.5 Å². The van der Waals surface area contributed by atoms with Gasteiger partial charge < -0.3 is 5.73 Å². The van der Waals surface area contributed by atoms with Crippen LogP contribution in [0.4, 0.5) is 20.2 Å². The van der Waals surface area contributed by atoms with Crippen molar-refractivity contribution in [2.24, 2.45) is 0 Å². The molecule has 4 nitrogen and oxygen atoms in total. The van der Waals surface area contributed by atoms with E-state index in [1.54, 1.807) is 0 Å². The Hall–Kier alpha value is -2.15. The summed E-state index contributed by atoms with van der Waals surface area (Å²) in [7, 11) is -4.06. The fourth-order valence-corrected chi connectivity index (χ4v) is 2.70. The van der Waals surface area contributed by atoms with Crippen molar-refractivity contribution in [3.63, 3.8) is 0 Å². The number of benzene rings is 2. The third-order valence-electron chi connectivity index (χ3n) is 2.34. The average molecular weight is 284 g/mol. The van der Waals surface area contributed by atoms with Gasteiger partial charge in [-0.25, -0.2) is 17.2 Å². The number of hydrogen-bond acceptors (Lipinski definition) is 3. The third-order valence-corrected chi connectivity index (χ3v) is 3.78. The number of nitrogens with one attached hydrogen (secondary N) is 1. The molecule has 7 heteroatoms. The lowest BCUT2D eigenvalue weighted by molar-refractivity contribution is 0.596. The van der Waals surface area contributed by atoms with Crippen molar-refractivity contribution in [1.82, 2.24) is 0 Å². The summed E-state index contributed by atoms with van der Waals surface area (Å²) >= 11 is 0. The Bertz CT molecular complexity index is 717. The molecule has 0 amide bonds. The molecule has 0 atom stereocenters. The van der Waals surface area contributed by atoms with Crippen molar-refractivity contribution in [3.8, 4) is 0 Å². The molecule has 0 bridgehead atoms. The van der Waals surface area contributed by atoms with Crippen LogP contribution in [0.2, 0.25) is 0 Å². The van der Waals surface area contributed by atoms with Crippen molar-refractivity contribution in [3.05, 3.63) is 54.1 Å². The summed E-state index contributed by atoms with van der Waals surface area (Å²) in [6.45, 7) is 0. The number of halogens is 2. The van der Waals surface area contributed by atoms with Crippen LogP contribution in [0.15, 0.2) is 47.4 Å². The predicted molar refractivity (Wildman–Crippen MR) is 68.0 cm³/mol. The summed E-state index contributed by atoms with van der Waals surface area (Å²) in [6.07, 6.45) is 0. The van der Waals surface area contributed by atoms with Gasteiger partial charge in [-0.15, -0.1) is 0 Å². The zero-order valence-electron chi connectivity index (χ0n) is 9.60. The van der Waals surface area contributed by atoms with Gasteiger partial charge in [0.1, 0.15) is 16.5 Å². The van der Waals surface area contributed by atoms with E-state index in [1.165, 1.54) is 18.2 Å². The lowest BCUT2D eigenvalue weighted by atomic mass is 10.3. The molecule has 0 heterocycles. The molecule has 0 aliphatic rings. The fraction of sp³-hybridized carbons (Fsp3) is 0. The Balaban J connectivity index is 2.40. The van der Waals surface area contributed by atoms with Crippen LogP contribution in [0.25, 0.3) is 0 Å². The Kier molecular flexibility index (Phi) is 3.39. The molecule has 2 aromatic carbocycles. The summed E-state index contributed by atoms with van der Waals surface area (Å²) in [5.74, 6) is -1.32. The third kappa shape index (κ3) is 3.00. The molecule has 0 spiro atoms. The molecule has 0 unspecified atom stereocenters. The van der Waals surface area contributed by atoms with Crippen LogP contribution in [0.3, 0.4) is 0 Å². The highest BCUT2D eigenvalue weighted by Gasteiger charge is 2.18. The van der Waals surface area contributed by atoms with Crippen molar-refractivity contribution >= 4 is 21.4 Å². The van der Waals surface area contributed by atoms with Crippen molar-refractivity contribution < 1.29 is 17.2 Å². The molecule has 0 radical (unpaired) electrons. The summed E-state index contributed by atoms with van der Waals surface area (Å²) in [4.78, 5) is -0.392. The molecule has 0 aliphatic heterocycles. The van der Waals surface area contributed by atoms with E-state index >= 15 is 0 Å². The molecule has 0 fully saturated rings. The second-order valence-corrected chi connectivity index (χ2v) is 5.45. The maximum Gasteiger partial charge on any atom is 0.264 e. The van der Waals surface area contributed by atoms with Crippen LogP contribution >= 0.6 is 0 Å². The highest BCUT2D eigenvalue weighted by Crippen LogP contribution is 2.22. The number of nitrogen functional groups attached to an aromatic ring is 1. The molecule has 0 aromatic heterocycles. The molecule has 2 rings (SSSR count). The average Bonchev–Trinajstić information content (AvgIpc) is 2.31. The maximum atomic E-state index is 13.1. The van der Waals surface area contributed by atoms with Gasteiger partial charge in [-0.2, -0.15) is 0 Å². The smallest absolute Gasteiger partial charge is 0.264 e. The normalized spacial score (nSPS) is 11.3. The Morgan fingerprint density at radius 3 is 2.37 bits per heavy atom. The van der Waals surface area contributed by atoms with E-state index in [0.717, 1.165) is 24.3 Å². The topological polar surface area (TPSA) is 72.2 Å². The quantitative estimate of drug-likeness (QED) is 0.850. The number of nitrogens with two attached hydrogens (primary N) is 1. The van der Waals surface area contributed by atoms with Crippen molar-refractivity contribution in [1.29, 1.82) is 0 Å². The fourth-order valence-electron chi connectivity index (χ4n) is 1.50. The van der Waals surface area contributed by atoms with E-state index in [0.29, 0.717) is 0 Å². The lowest BCUT2D eigenvalue weighted by Gasteiger charge is -2.10. The van der Waals surface area contributed by atoms with Gasteiger partial charge in [0.25, 0.3) is 10.0 Å². The predicted octanol–water partition coefficient (Wildman–Crippen LogP) is 2.35. The van der Waals surface area contributed by atoms with Gasteiger partial charge in [-0.05, 0) is 36.4 Å². The summed E-state index contributed by atoms with van der Waals surface area (Å²) in [5.41, 5.74) is 5.44. The first-order chi connectivity index (χ1) is 8.88. The SMILES string of the molecule is Nc1ccc(F)cc1S(=O)(=O)Nc1cccc(F)c1. The minimum absolute atomic E-state index is 0.0312. The number of rotatable bonds is 3. The van der Waals surface area contributed by atoms with Gasteiger partial charge in [0.15, 0.2) is 0 Å². The molecule has 3 N–H and O–H groups in total. The van der Waals surface area contributed by atoms with Crippen LogP contribution in [-0.4, -0.2) is 8.42 Å². The van der Waals surface area contributed by atoms with Crippen LogP contribution in [0.1, 0.15) is 0 Å². The molecular weight excluding hydrogens is 274 g/mol. The van der Waals surface area contributed by atoms with E-state index in [9.17, 15) is 17.2 Å². The maximum absolute atomic E-state index is 13.1. The first-order valence-corrected chi connectivity index (χ1v) is 6.70. The van der Waals surface area contributed by atoms with E-state index in [2.05, 4.69) is 4.72 Å². The second-order valence-electron chi connectivity index (χ2n) is 3.80. The summed E-state index contributed by atoms with van der Waals surface area (Å²) < 4.78 is 52.2. The van der Waals surface area contributed by atoms with Crippen LogP contribution < -0.4 is 10.5 Å². The molecule has 0 saturated carbocycles. The number of sulfonamides is 1. The molecule has 0 saturated heterocycles. The Labute approximate surface area is 108 Å². The first kappa shape index (κ1) is 13.3. The zero-order valence-corrected chi connectivity index (χ0v) is 10.4. The summed E-state index contributed by atoms with van der Waals surface area (Å²) in [6, 6.07) is 7.91. The Morgan fingerprint density at radius 1 is 1.00 bits per heavy atom. The molecule has 2 aromatic rings. The zero-order chi connectivity index (χ0) is 14.0. The standard InChI is InChI=1S/C12H10F2N2O2S/c13-8-2-1-3-10(6-8)16-19(17,18)12-7-9(14)4-5-11(12)15/h1-7,16H,15H2. The van der Waals surface area contributed by atoms with Crippen molar-refractivity contribution in [2.45, 2.75) is 4.90 Å². The largest absolute Gasteiger partial charge is 0.398 e. The highest BCUT2D eigenvalue weighted by molar-refractivity contribution is 7.92. The molecule has 100 valence electrons. The molecule has 0 aliphatic carbocycles. The monoisotopic (exact) mass is 284 g/mol. The van der Waals surface area contributed by atoms with Gasteiger partial charge >= 0.3 is 0 Å². The van der Waals surface area contributed by atoms with Crippen LogP contribution in [-0.2, 0) is 10.0 Å². The van der Waals surface area contributed by atoms with Crippen LogP contribution in [0.5, 0.6) is 0 Å². The van der Waals surface area contributed by atoms with Gasteiger partial charge in [0, 0.05) is 0 Å². The number of anilines is 2. The number of hydrogen-bond donors (Lipinski definition) is 2. The van der Waals surface area contributed by atoms with Crippen LogP contribution in [0, 0.1) is 11.6 Å². The first-order valence-electron chi connectivity index (χ1n) is 5.22. The van der Waals surface area contributed by atoms with E-state index < -0.39 is 26.6 Å². The van der Waals surface area contributed by atoms with Gasteiger partial charge in [0.05, 0.1) is 11.4 Å². The molecule has 19 heavy (non-hydrogen) atoms. The molecular formula is C12H10F2N2O2S.